The van der Waals surface area contributed by atoms with Crippen molar-refractivity contribution in [3.05, 3.63) is 60.2 Å². The number of aromatic nitrogens is 3. The van der Waals surface area contributed by atoms with Crippen LogP contribution in [0.4, 0.5) is 5.69 Å². The van der Waals surface area contributed by atoms with Crippen LogP contribution in [-0.4, -0.2) is 27.6 Å². The van der Waals surface area contributed by atoms with Gasteiger partial charge < -0.3 is 9.42 Å². The standard InChI is InChI=1S/C20H20N4O2/c1-13(2)14-5-7-17(8-6-14)24-12-16(10-18(24)25)20-22-19(23-26-20)15-4-3-9-21-11-15/h3-9,11,13,16H,10,12H2,1-2H3/t16-/m1/s1. The van der Waals surface area contributed by atoms with Crippen molar-refractivity contribution in [2.75, 3.05) is 11.4 Å². The SMILES string of the molecule is CC(C)c1ccc(N2C[C@H](c3nc(-c4cccnc4)no3)CC2=O)cc1. The van der Waals surface area contributed by atoms with Gasteiger partial charge in [0.25, 0.3) is 0 Å². The molecule has 4 rings (SSSR count). The quantitative estimate of drug-likeness (QED) is 0.717. The average Bonchev–Trinajstić information content (AvgIpc) is 3.29. The third kappa shape index (κ3) is 3.10. The molecule has 1 aliphatic rings. The molecule has 0 bridgehead atoms. The lowest BCUT2D eigenvalue weighted by Crippen LogP contribution is -2.24. The summed E-state index contributed by atoms with van der Waals surface area (Å²) in [6.07, 6.45) is 3.76. The number of pyridine rings is 1. The van der Waals surface area contributed by atoms with E-state index in [4.69, 9.17) is 4.52 Å². The molecule has 0 spiro atoms. The van der Waals surface area contributed by atoms with Crippen LogP contribution < -0.4 is 4.90 Å². The Hall–Kier alpha value is -3.02. The number of amides is 1. The largest absolute Gasteiger partial charge is 0.339 e. The molecule has 1 fully saturated rings. The van der Waals surface area contributed by atoms with Crippen LogP contribution in [0.3, 0.4) is 0 Å². The Balaban J connectivity index is 1.52. The third-order valence-electron chi connectivity index (χ3n) is 4.71. The van der Waals surface area contributed by atoms with Crippen LogP contribution >= 0.6 is 0 Å². The molecule has 2 aromatic heterocycles. The number of benzene rings is 1. The molecule has 0 aliphatic carbocycles. The molecule has 6 heteroatoms. The molecule has 0 radical (unpaired) electrons. The topological polar surface area (TPSA) is 72.1 Å². The van der Waals surface area contributed by atoms with Gasteiger partial charge in [-0.3, -0.25) is 9.78 Å². The van der Waals surface area contributed by atoms with E-state index in [1.54, 1.807) is 17.3 Å². The van der Waals surface area contributed by atoms with Crippen molar-refractivity contribution in [1.29, 1.82) is 0 Å². The Morgan fingerprint density at radius 3 is 2.69 bits per heavy atom. The van der Waals surface area contributed by atoms with E-state index >= 15 is 0 Å². The number of hydrogen-bond acceptors (Lipinski definition) is 5. The van der Waals surface area contributed by atoms with E-state index in [0.29, 0.717) is 30.6 Å². The normalized spacial score (nSPS) is 17.3. The predicted octanol–water partition coefficient (Wildman–Crippen LogP) is 3.78. The van der Waals surface area contributed by atoms with Crippen LogP contribution in [0.5, 0.6) is 0 Å². The summed E-state index contributed by atoms with van der Waals surface area (Å²) in [5.41, 5.74) is 2.97. The molecule has 6 nitrogen and oxygen atoms in total. The van der Waals surface area contributed by atoms with Crippen molar-refractivity contribution in [2.45, 2.75) is 32.1 Å². The highest BCUT2D eigenvalue weighted by atomic mass is 16.5. The average molecular weight is 348 g/mol. The highest BCUT2D eigenvalue weighted by Crippen LogP contribution is 2.32. The minimum Gasteiger partial charge on any atom is -0.339 e. The van der Waals surface area contributed by atoms with Gasteiger partial charge in [-0.15, -0.1) is 0 Å². The smallest absolute Gasteiger partial charge is 0.232 e. The highest BCUT2D eigenvalue weighted by Gasteiger charge is 2.35. The van der Waals surface area contributed by atoms with E-state index in [1.165, 1.54) is 5.56 Å². The lowest BCUT2D eigenvalue weighted by Gasteiger charge is -2.17. The first-order valence-corrected chi connectivity index (χ1v) is 8.76. The molecule has 0 unspecified atom stereocenters. The van der Waals surface area contributed by atoms with Gasteiger partial charge in [-0.25, -0.2) is 0 Å². The molecular formula is C20H20N4O2. The van der Waals surface area contributed by atoms with Gasteiger partial charge in [0.1, 0.15) is 0 Å². The van der Waals surface area contributed by atoms with Crippen molar-refractivity contribution in [3.8, 4) is 11.4 Å². The fraction of sp³-hybridized carbons (Fsp3) is 0.300. The number of nitrogens with zero attached hydrogens (tertiary/aromatic N) is 4. The summed E-state index contributed by atoms with van der Waals surface area (Å²) in [5, 5.41) is 4.03. The van der Waals surface area contributed by atoms with E-state index in [1.807, 2.05) is 24.3 Å². The monoisotopic (exact) mass is 348 g/mol. The summed E-state index contributed by atoms with van der Waals surface area (Å²) in [6, 6.07) is 11.9. The Kier molecular flexibility index (Phi) is 4.24. The maximum absolute atomic E-state index is 12.5. The number of anilines is 1. The van der Waals surface area contributed by atoms with Crippen LogP contribution in [0, 0.1) is 0 Å². The van der Waals surface area contributed by atoms with Gasteiger partial charge in [-0.1, -0.05) is 31.1 Å². The molecule has 0 N–H and O–H groups in total. The van der Waals surface area contributed by atoms with Gasteiger partial charge in [0.2, 0.25) is 17.6 Å². The van der Waals surface area contributed by atoms with E-state index in [-0.39, 0.29) is 11.8 Å². The van der Waals surface area contributed by atoms with Crippen LogP contribution in [0.15, 0.2) is 53.3 Å². The van der Waals surface area contributed by atoms with Crippen LogP contribution in [0.2, 0.25) is 0 Å². The fourth-order valence-corrected chi connectivity index (χ4v) is 3.18. The number of rotatable bonds is 4. The van der Waals surface area contributed by atoms with Crippen molar-refractivity contribution in [3.63, 3.8) is 0 Å². The highest BCUT2D eigenvalue weighted by molar-refractivity contribution is 5.96. The summed E-state index contributed by atoms with van der Waals surface area (Å²) in [6.45, 7) is 4.86. The lowest BCUT2D eigenvalue weighted by atomic mass is 10.0. The van der Waals surface area contributed by atoms with Gasteiger partial charge in [0.15, 0.2) is 0 Å². The molecule has 1 aliphatic heterocycles. The summed E-state index contributed by atoms with van der Waals surface area (Å²) in [4.78, 5) is 22.8. The molecule has 26 heavy (non-hydrogen) atoms. The van der Waals surface area contributed by atoms with E-state index < -0.39 is 0 Å². The van der Waals surface area contributed by atoms with Crippen LogP contribution in [-0.2, 0) is 4.79 Å². The van der Waals surface area contributed by atoms with Crippen molar-refractivity contribution in [1.82, 2.24) is 15.1 Å². The lowest BCUT2D eigenvalue weighted by molar-refractivity contribution is -0.117. The molecule has 1 atom stereocenters. The van der Waals surface area contributed by atoms with Gasteiger partial charge >= 0.3 is 0 Å². The first kappa shape index (κ1) is 16.4. The molecule has 1 saturated heterocycles. The minimum absolute atomic E-state index is 0.0772. The van der Waals surface area contributed by atoms with Crippen molar-refractivity contribution < 1.29 is 9.32 Å². The summed E-state index contributed by atoms with van der Waals surface area (Å²) < 4.78 is 5.42. The van der Waals surface area contributed by atoms with Crippen molar-refractivity contribution in [2.24, 2.45) is 0 Å². The Labute approximate surface area is 151 Å². The molecule has 132 valence electrons. The number of hydrogen-bond donors (Lipinski definition) is 0. The number of carbonyl (C=O) groups excluding carboxylic acids is 1. The Morgan fingerprint density at radius 2 is 2.00 bits per heavy atom. The molecule has 3 aromatic rings. The second kappa shape index (κ2) is 6.71. The summed E-state index contributed by atoms with van der Waals surface area (Å²) in [5.74, 6) is 1.45. The zero-order valence-electron chi connectivity index (χ0n) is 14.8. The molecule has 3 heterocycles. The van der Waals surface area contributed by atoms with E-state index in [0.717, 1.165) is 11.3 Å². The predicted molar refractivity (Wildman–Crippen MR) is 97.8 cm³/mol. The molecule has 0 saturated carbocycles. The first-order chi connectivity index (χ1) is 12.6. The minimum atomic E-state index is -0.0924. The van der Waals surface area contributed by atoms with Gasteiger partial charge in [-0.2, -0.15) is 4.98 Å². The van der Waals surface area contributed by atoms with Gasteiger partial charge in [-0.05, 0) is 35.7 Å². The first-order valence-electron chi connectivity index (χ1n) is 8.76. The zero-order chi connectivity index (χ0) is 18.1. The second-order valence-electron chi connectivity index (χ2n) is 6.85. The van der Waals surface area contributed by atoms with E-state index in [9.17, 15) is 4.79 Å². The van der Waals surface area contributed by atoms with Gasteiger partial charge in [0, 0.05) is 36.6 Å². The summed E-state index contributed by atoms with van der Waals surface area (Å²) >= 11 is 0. The second-order valence-corrected chi connectivity index (χ2v) is 6.85. The van der Waals surface area contributed by atoms with Gasteiger partial charge in [0.05, 0.1) is 5.92 Å². The Bertz CT molecular complexity index is 903. The van der Waals surface area contributed by atoms with Crippen molar-refractivity contribution >= 4 is 11.6 Å². The fourth-order valence-electron chi connectivity index (χ4n) is 3.18. The third-order valence-corrected chi connectivity index (χ3v) is 4.71. The summed E-state index contributed by atoms with van der Waals surface area (Å²) in [7, 11) is 0. The maximum atomic E-state index is 12.5. The van der Waals surface area contributed by atoms with E-state index in [2.05, 4.69) is 41.1 Å². The van der Waals surface area contributed by atoms with Crippen LogP contribution in [0.1, 0.15) is 43.6 Å². The molecular weight excluding hydrogens is 328 g/mol. The number of carbonyl (C=O) groups is 1. The van der Waals surface area contributed by atoms with Crippen LogP contribution in [0.25, 0.3) is 11.4 Å². The maximum Gasteiger partial charge on any atom is 0.232 e. The Morgan fingerprint density at radius 1 is 1.19 bits per heavy atom. The zero-order valence-corrected chi connectivity index (χ0v) is 14.8. The molecule has 1 aromatic carbocycles. The molecule has 1 amide bonds.